The third-order valence-corrected chi connectivity index (χ3v) is 5.71. The van der Waals surface area contributed by atoms with Crippen molar-refractivity contribution in [1.82, 2.24) is 0 Å². The molecular formula is C22H14NO5S2-. The van der Waals surface area contributed by atoms with E-state index < -0.39 is 5.97 Å². The third kappa shape index (κ3) is 3.87. The van der Waals surface area contributed by atoms with E-state index in [0.717, 1.165) is 0 Å². The van der Waals surface area contributed by atoms with Gasteiger partial charge in [-0.05, 0) is 48.0 Å². The molecule has 1 amide bonds. The number of hydrogen-bond acceptors (Lipinski definition) is 7. The number of methoxy groups -OCH3 is 1. The summed E-state index contributed by atoms with van der Waals surface area (Å²) in [4.78, 5) is 25.8. The quantitative estimate of drug-likeness (QED) is 0.445. The molecule has 0 aliphatic carbocycles. The molecular weight excluding hydrogens is 422 g/mol. The van der Waals surface area contributed by atoms with Crippen LogP contribution in [-0.4, -0.2) is 23.3 Å². The molecule has 2 heterocycles. The van der Waals surface area contributed by atoms with Crippen LogP contribution < -0.4 is 14.7 Å². The van der Waals surface area contributed by atoms with E-state index in [4.69, 9.17) is 21.4 Å². The second-order valence-electron chi connectivity index (χ2n) is 6.29. The normalized spacial score (nSPS) is 15.1. The standard InChI is InChI=1S/C22H15NO5S2/c1-27-16-7-5-15(6-8-16)23-20(24)19(30-22(23)29)12-17-9-10-18(28-17)13-3-2-4-14(11-13)21(25)26/h2-12H,1H3,(H,25,26)/p-1/b19-12-. The van der Waals surface area contributed by atoms with Crippen LogP contribution in [0.4, 0.5) is 5.69 Å². The zero-order valence-corrected chi connectivity index (χ0v) is 17.3. The van der Waals surface area contributed by atoms with E-state index in [1.54, 1.807) is 61.7 Å². The van der Waals surface area contributed by atoms with E-state index in [1.165, 1.54) is 28.8 Å². The van der Waals surface area contributed by atoms with Gasteiger partial charge in [-0.2, -0.15) is 0 Å². The van der Waals surface area contributed by atoms with Gasteiger partial charge in [-0.1, -0.05) is 42.2 Å². The fourth-order valence-electron chi connectivity index (χ4n) is 2.94. The van der Waals surface area contributed by atoms with E-state index in [0.29, 0.717) is 37.7 Å². The van der Waals surface area contributed by atoms with Crippen molar-refractivity contribution in [3.05, 3.63) is 76.9 Å². The second kappa shape index (κ2) is 8.17. The monoisotopic (exact) mass is 436 g/mol. The summed E-state index contributed by atoms with van der Waals surface area (Å²) in [5, 5.41) is 11.1. The molecule has 0 N–H and O–H groups in total. The topological polar surface area (TPSA) is 82.8 Å². The highest BCUT2D eigenvalue weighted by Gasteiger charge is 2.33. The van der Waals surface area contributed by atoms with Crippen molar-refractivity contribution in [3.8, 4) is 17.1 Å². The molecule has 1 aliphatic rings. The van der Waals surface area contributed by atoms with Crippen LogP contribution in [0.1, 0.15) is 16.1 Å². The van der Waals surface area contributed by atoms with Gasteiger partial charge in [0, 0.05) is 11.6 Å². The molecule has 1 saturated heterocycles. The second-order valence-corrected chi connectivity index (χ2v) is 7.96. The maximum Gasteiger partial charge on any atom is 0.270 e. The molecule has 6 nitrogen and oxygen atoms in total. The lowest BCUT2D eigenvalue weighted by Gasteiger charge is -2.14. The molecule has 0 atom stereocenters. The Labute approximate surface area is 181 Å². The lowest BCUT2D eigenvalue weighted by atomic mass is 10.1. The van der Waals surface area contributed by atoms with Crippen molar-refractivity contribution >= 4 is 51.9 Å². The average molecular weight is 436 g/mol. The first-order valence-corrected chi connectivity index (χ1v) is 10.0. The fraction of sp³-hybridized carbons (Fsp3) is 0.0455. The van der Waals surface area contributed by atoms with Gasteiger partial charge in [-0.25, -0.2) is 0 Å². The third-order valence-electron chi connectivity index (χ3n) is 4.41. The number of carboxylic acid groups (broad SMARTS) is 1. The molecule has 30 heavy (non-hydrogen) atoms. The average Bonchev–Trinajstić information content (AvgIpc) is 3.33. The van der Waals surface area contributed by atoms with E-state index in [9.17, 15) is 14.7 Å². The number of hydrogen-bond donors (Lipinski definition) is 0. The van der Waals surface area contributed by atoms with E-state index >= 15 is 0 Å². The molecule has 3 aromatic rings. The summed E-state index contributed by atoms with van der Waals surface area (Å²) in [6.45, 7) is 0. The number of thiocarbonyl (C=S) groups is 1. The van der Waals surface area contributed by atoms with Gasteiger partial charge in [-0.15, -0.1) is 0 Å². The molecule has 0 bridgehead atoms. The number of ether oxygens (including phenoxy) is 1. The molecule has 0 unspecified atom stereocenters. The summed E-state index contributed by atoms with van der Waals surface area (Å²) in [6, 6.07) is 16.7. The van der Waals surface area contributed by atoms with Gasteiger partial charge in [0.05, 0.1) is 23.7 Å². The number of aromatic carboxylic acids is 1. The Balaban J connectivity index is 1.58. The number of amides is 1. The molecule has 0 spiro atoms. The summed E-state index contributed by atoms with van der Waals surface area (Å²) < 4.78 is 11.4. The SMILES string of the molecule is COc1ccc(N2C(=O)/C(=C/c3ccc(-c4cccc(C(=O)[O-])c4)o3)SC2=S)cc1. The molecule has 150 valence electrons. The molecule has 4 rings (SSSR count). The van der Waals surface area contributed by atoms with E-state index in [2.05, 4.69) is 0 Å². The molecule has 1 fully saturated rings. The number of anilines is 1. The van der Waals surface area contributed by atoms with Crippen molar-refractivity contribution in [2.24, 2.45) is 0 Å². The number of carbonyl (C=O) groups is 2. The largest absolute Gasteiger partial charge is 0.545 e. The van der Waals surface area contributed by atoms with Crippen molar-refractivity contribution in [2.75, 3.05) is 12.0 Å². The van der Waals surface area contributed by atoms with Crippen LogP contribution in [0.15, 0.2) is 70.0 Å². The minimum atomic E-state index is -1.26. The number of carboxylic acids is 1. The highest BCUT2D eigenvalue weighted by atomic mass is 32.2. The van der Waals surface area contributed by atoms with E-state index in [1.807, 2.05) is 0 Å². The minimum absolute atomic E-state index is 0.0609. The van der Waals surface area contributed by atoms with Crippen LogP contribution in [0.5, 0.6) is 5.75 Å². The summed E-state index contributed by atoms with van der Waals surface area (Å²) in [5.41, 5.74) is 1.31. The molecule has 2 aromatic carbocycles. The van der Waals surface area contributed by atoms with Gasteiger partial charge in [0.1, 0.15) is 17.3 Å². The first-order valence-electron chi connectivity index (χ1n) is 8.80. The predicted molar refractivity (Wildman–Crippen MR) is 117 cm³/mol. The van der Waals surface area contributed by atoms with Crippen molar-refractivity contribution in [3.63, 3.8) is 0 Å². The lowest BCUT2D eigenvalue weighted by molar-refractivity contribution is -0.255. The van der Waals surface area contributed by atoms with Crippen molar-refractivity contribution in [2.45, 2.75) is 0 Å². The zero-order valence-electron chi connectivity index (χ0n) is 15.7. The number of furan rings is 1. The zero-order chi connectivity index (χ0) is 21.3. The number of benzene rings is 2. The number of carbonyl (C=O) groups excluding carboxylic acids is 2. The van der Waals surface area contributed by atoms with Gasteiger partial charge in [0.25, 0.3) is 5.91 Å². The number of nitrogens with zero attached hydrogens (tertiary/aromatic N) is 1. The first-order chi connectivity index (χ1) is 14.5. The first kappa shape index (κ1) is 19.9. The van der Waals surface area contributed by atoms with Crippen LogP contribution in [-0.2, 0) is 4.79 Å². The van der Waals surface area contributed by atoms with Crippen molar-refractivity contribution < 1.29 is 23.8 Å². The number of rotatable bonds is 5. The van der Waals surface area contributed by atoms with Crippen LogP contribution in [0.25, 0.3) is 17.4 Å². The Bertz CT molecular complexity index is 1180. The maximum absolute atomic E-state index is 12.9. The molecule has 8 heteroatoms. The summed E-state index contributed by atoms with van der Waals surface area (Å²) in [6.07, 6.45) is 1.62. The Morgan fingerprint density at radius 2 is 1.93 bits per heavy atom. The molecule has 0 saturated carbocycles. The molecule has 1 aliphatic heterocycles. The predicted octanol–water partition coefficient (Wildman–Crippen LogP) is 3.72. The van der Waals surface area contributed by atoms with Crippen LogP contribution >= 0.6 is 24.0 Å². The van der Waals surface area contributed by atoms with E-state index in [-0.39, 0.29) is 11.5 Å². The minimum Gasteiger partial charge on any atom is -0.545 e. The molecule has 0 radical (unpaired) electrons. The Kier molecular flexibility index (Phi) is 5.43. The smallest absolute Gasteiger partial charge is 0.270 e. The van der Waals surface area contributed by atoms with Crippen LogP contribution in [0.2, 0.25) is 0 Å². The number of thioether (sulfide) groups is 1. The molecule has 1 aromatic heterocycles. The summed E-state index contributed by atoms with van der Waals surface area (Å²) in [5.74, 6) is 0.123. The van der Waals surface area contributed by atoms with Gasteiger partial charge < -0.3 is 19.1 Å². The Hall–Kier alpha value is -3.36. The van der Waals surface area contributed by atoms with Gasteiger partial charge in [0.15, 0.2) is 4.32 Å². The van der Waals surface area contributed by atoms with Crippen LogP contribution in [0.3, 0.4) is 0 Å². The van der Waals surface area contributed by atoms with Crippen molar-refractivity contribution in [1.29, 1.82) is 0 Å². The highest BCUT2D eigenvalue weighted by Crippen LogP contribution is 2.37. The van der Waals surface area contributed by atoms with Gasteiger partial charge in [-0.3, -0.25) is 9.69 Å². The van der Waals surface area contributed by atoms with Gasteiger partial charge in [0.2, 0.25) is 0 Å². The van der Waals surface area contributed by atoms with Crippen LogP contribution in [0, 0.1) is 0 Å². The lowest BCUT2D eigenvalue weighted by Crippen LogP contribution is -2.27. The summed E-state index contributed by atoms with van der Waals surface area (Å²) in [7, 11) is 1.57. The highest BCUT2D eigenvalue weighted by molar-refractivity contribution is 8.27. The Morgan fingerprint density at radius 1 is 1.17 bits per heavy atom. The summed E-state index contributed by atoms with van der Waals surface area (Å²) >= 11 is 6.56. The Morgan fingerprint density at radius 3 is 2.63 bits per heavy atom. The maximum atomic E-state index is 12.9. The fourth-order valence-corrected chi connectivity index (χ4v) is 4.21. The van der Waals surface area contributed by atoms with Gasteiger partial charge >= 0.3 is 0 Å².